The molecule has 1 saturated carbocycles. The molecule has 1 aliphatic carbocycles. The predicted molar refractivity (Wildman–Crippen MR) is 106 cm³/mol. The number of amides is 2. The smallest absolute Gasteiger partial charge is 0.227 e. The maximum atomic E-state index is 12.8. The molecule has 27 heavy (non-hydrogen) atoms. The second-order valence-corrected chi connectivity index (χ2v) is 8.80. The Morgan fingerprint density at radius 2 is 1.70 bits per heavy atom. The second-order valence-electron chi connectivity index (χ2n) is 8.80. The van der Waals surface area contributed by atoms with E-state index in [9.17, 15) is 9.59 Å². The van der Waals surface area contributed by atoms with E-state index in [1.165, 1.54) is 6.42 Å². The largest absolute Gasteiger partial charge is 0.496 e. The zero-order valence-electron chi connectivity index (χ0n) is 17.1. The van der Waals surface area contributed by atoms with Crippen LogP contribution in [0.25, 0.3) is 0 Å². The normalized spacial score (nSPS) is 18.2. The van der Waals surface area contributed by atoms with Crippen molar-refractivity contribution >= 4 is 11.8 Å². The van der Waals surface area contributed by atoms with E-state index < -0.39 is 0 Å². The van der Waals surface area contributed by atoms with Crippen molar-refractivity contribution in [3.8, 4) is 5.75 Å². The van der Waals surface area contributed by atoms with E-state index in [1.54, 1.807) is 7.11 Å². The first-order valence-corrected chi connectivity index (χ1v) is 10.0. The van der Waals surface area contributed by atoms with E-state index in [4.69, 9.17) is 4.74 Å². The maximum absolute atomic E-state index is 12.8. The molecule has 2 aliphatic rings. The van der Waals surface area contributed by atoms with Crippen molar-refractivity contribution in [2.75, 3.05) is 33.3 Å². The summed E-state index contributed by atoms with van der Waals surface area (Å²) >= 11 is 0. The van der Waals surface area contributed by atoms with Gasteiger partial charge >= 0.3 is 0 Å². The van der Waals surface area contributed by atoms with Crippen LogP contribution < -0.4 is 4.74 Å². The zero-order chi connectivity index (χ0) is 19.6. The van der Waals surface area contributed by atoms with Gasteiger partial charge in [-0.05, 0) is 35.4 Å². The number of carbonyl (C=O) groups is 2. The van der Waals surface area contributed by atoms with Crippen molar-refractivity contribution in [1.82, 2.24) is 9.80 Å². The molecule has 1 saturated heterocycles. The molecule has 5 heteroatoms. The number of carbonyl (C=O) groups excluding carboxylic acids is 2. The zero-order valence-corrected chi connectivity index (χ0v) is 17.1. The Morgan fingerprint density at radius 1 is 1.07 bits per heavy atom. The molecule has 0 N–H and O–H groups in total. The lowest BCUT2D eigenvalue weighted by Crippen LogP contribution is -2.52. The lowest BCUT2D eigenvalue weighted by atomic mass is 9.84. The first-order chi connectivity index (χ1) is 12.8. The molecule has 0 bridgehead atoms. The summed E-state index contributed by atoms with van der Waals surface area (Å²) in [5.41, 5.74) is 2.09. The summed E-state index contributed by atoms with van der Waals surface area (Å²) in [6.45, 7) is 9.05. The standard InChI is InChI=1S/C22H32N2O3/c1-22(2,3)18-14-16(8-9-19(18)27-4)15-20(25)23-10-12-24(13-11-23)21(26)17-6-5-7-17/h8-9,14,17H,5-7,10-13,15H2,1-4H3. The number of ether oxygens (including phenoxy) is 1. The van der Waals surface area contributed by atoms with Gasteiger partial charge in [-0.25, -0.2) is 0 Å². The summed E-state index contributed by atoms with van der Waals surface area (Å²) in [6.07, 6.45) is 3.63. The quantitative estimate of drug-likeness (QED) is 0.816. The highest BCUT2D eigenvalue weighted by atomic mass is 16.5. The van der Waals surface area contributed by atoms with E-state index in [0.29, 0.717) is 38.5 Å². The van der Waals surface area contributed by atoms with Crippen molar-refractivity contribution < 1.29 is 14.3 Å². The highest BCUT2D eigenvalue weighted by Crippen LogP contribution is 2.32. The molecule has 3 rings (SSSR count). The van der Waals surface area contributed by atoms with Crippen LogP contribution in [-0.4, -0.2) is 54.9 Å². The van der Waals surface area contributed by atoms with Crippen molar-refractivity contribution in [3.05, 3.63) is 29.3 Å². The molecule has 148 valence electrons. The summed E-state index contributed by atoms with van der Waals surface area (Å²) in [6, 6.07) is 6.02. The molecular formula is C22H32N2O3. The Balaban J connectivity index is 1.59. The molecular weight excluding hydrogens is 340 g/mol. The first-order valence-electron chi connectivity index (χ1n) is 10.0. The van der Waals surface area contributed by atoms with Gasteiger partial charge in [0.05, 0.1) is 13.5 Å². The van der Waals surface area contributed by atoms with Gasteiger partial charge < -0.3 is 14.5 Å². The van der Waals surface area contributed by atoms with Gasteiger partial charge in [0.25, 0.3) is 0 Å². The van der Waals surface area contributed by atoms with Crippen LogP contribution >= 0.6 is 0 Å². The fourth-order valence-electron chi connectivity index (χ4n) is 3.83. The van der Waals surface area contributed by atoms with Gasteiger partial charge in [0, 0.05) is 32.1 Å². The molecule has 0 aromatic heterocycles. The molecule has 1 heterocycles. The molecule has 1 aliphatic heterocycles. The van der Waals surface area contributed by atoms with Crippen LogP contribution in [0, 0.1) is 5.92 Å². The van der Waals surface area contributed by atoms with Crippen LogP contribution in [0.15, 0.2) is 18.2 Å². The molecule has 1 aromatic carbocycles. The third kappa shape index (κ3) is 4.45. The Kier molecular flexibility index (Phi) is 5.78. The van der Waals surface area contributed by atoms with Crippen LogP contribution in [0.5, 0.6) is 5.75 Å². The Morgan fingerprint density at radius 3 is 2.22 bits per heavy atom. The minimum absolute atomic E-state index is 0.0437. The van der Waals surface area contributed by atoms with Crippen molar-refractivity contribution in [2.45, 2.75) is 51.9 Å². The molecule has 0 spiro atoms. The van der Waals surface area contributed by atoms with Gasteiger partial charge in [0.15, 0.2) is 0 Å². The van der Waals surface area contributed by atoms with Crippen molar-refractivity contribution in [1.29, 1.82) is 0 Å². The number of nitrogens with zero attached hydrogens (tertiary/aromatic N) is 2. The highest BCUT2D eigenvalue weighted by molar-refractivity contribution is 5.81. The SMILES string of the molecule is COc1ccc(CC(=O)N2CCN(C(=O)C3CCC3)CC2)cc1C(C)(C)C. The van der Waals surface area contributed by atoms with Crippen LogP contribution in [0.1, 0.15) is 51.2 Å². The first kappa shape index (κ1) is 19.7. The fraction of sp³-hybridized carbons (Fsp3) is 0.636. The third-order valence-corrected chi connectivity index (χ3v) is 5.83. The minimum atomic E-state index is -0.0437. The number of rotatable bonds is 4. The summed E-state index contributed by atoms with van der Waals surface area (Å²) in [4.78, 5) is 28.9. The van der Waals surface area contributed by atoms with Crippen molar-refractivity contribution in [2.24, 2.45) is 5.92 Å². The molecule has 2 amide bonds. The van der Waals surface area contributed by atoms with Gasteiger partial charge in [-0.3, -0.25) is 9.59 Å². The summed E-state index contributed by atoms with van der Waals surface area (Å²) < 4.78 is 5.48. The van der Waals surface area contributed by atoms with Gasteiger partial charge in [0.1, 0.15) is 5.75 Å². The Bertz CT molecular complexity index is 696. The van der Waals surface area contributed by atoms with Crippen LogP contribution in [0.2, 0.25) is 0 Å². The van der Waals surface area contributed by atoms with E-state index in [2.05, 4.69) is 26.8 Å². The number of methoxy groups -OCH3 is 1. The van der Waals surface area contributed by atoms with Crippen molar-refractivity contribution in [3.63, 3.8) is 0 Å². The van der Waals surface area contributed by atoms with E-state index in [-0.39, 0.29) is 17.2 Å². The van der Waals surface area contributed by atoms with E-state index >= 15 is 0 Å². The summed E-state index contributed by atoms with van der Waals surface area (Å²) in [5, 5.41) is 0. The fourth-order valence-corrected chi connectivity index (χ4v) is 3.83. The molecule has 2 fully saturated rings. The number of hydrogen-bond acceptors (Lipinski definition) is 3. The predicted octanol–water partition coefficient (Wildman–Crippen LogP) is 3.01. The molecule has 5 nitrogen and oxygen atoms in total. The lowest BCUT2D eigenvalue weighted by molar-refractivity contribution is -0.143. The average Bonchev–Trinajstić information content (AvgIpc) is 2.59. The van der Waals surface area contributed by atoms with E-state index in [1.807, 2.05) is 21.9 Å². The number of hydrogen-bond donors (Lipinski definition) is 0. The second kappa shape index (κ2) is 7.91. The van der Waals surface area contributed by atoms with Gasteiger partial charge in [-0.15, -0.1) is 0 Å². The third-order valence-electron chi connectivity index (χ3n) is 5.83. The van der Waals surface area contributed by atoms with Gasteiger partial charge in [-0.1, -0.05) is 39.3 Å². The summed E-state index contributed by atoms with van der Waals surface area (Å²) in [5.74, 6) is 1.53. The monoisotopic (exact) mass is 372 g/mol. The Labute approximate surface area is 162 Å². The topological polar surface area (TPSA) is 49.9 Å². The van der Waals surface area contributed by atoms with Gasteiger partial charge in [0.2, 0.25) is 11.8 Å². The number of piperazine rings is 1. The molecule has 0 radical (unpaired) electrons. The van der Waals surface area contributed by atoms with Crippen LogP contribution in [0.3, 0.4) is 0 Å². The molecule has 1 aromatic rings. The van der Waals surface area contributed by atoms with E-state index in [0.717, 1.165) is 29.7 Å². The van der Waals surface area contributed by atoms with Crippen LogP contribution in [-0.2, 0) is 21.4 Å². The Hall–Kier alpha value is -2.04. The molecule has 0 unspecified atom stereocenters. The highest BCUT2D eigenvalue weighted by Gasteiger charge is 2.32. The maximum Gasteiger partial charge on any atom is 0.227 e. The lowest BCUT2D eigenvalue weighted by Gasteiger charge is -2.38. The van der Waals surface area contributed by atoms with Gasteiger partial charge in [-0.2, -0.15) is 0 Å². The van der Waals surface area contributed by atoms with Crippen LogP contribution in [0.4, 0.5) is 0 Å². The average molecular weight is 373 g/mol. The summed E-state index contributed by atoms with van der Waals surface area (Å²) in [7, 11) is 1.68. The number of benzene rings is 1. The minimum Gasteiger partial charge on any atom is -0.496 e. The molecule has 0 atom stereocenters.